The number of hydrogen-bond acceptors (Lipinski definition) is 5. The van der Waals surface area contributed by atoms with Gasteiger partial charge in [0.15, 0.2) is 0 Å². The molecule has 2 aromatic rings. The van der Waals surface area contributed by atoms with Crippen LogP contribution in [0.4, 0.5) is 10.7 Å². The molecule has 0 spiro atoms. The average molecular weight is 396 g/mol. The first-order chi connectivity index (χ1) is 14.0. The summed E-state index contributed by atoms with van der Waals surface area (Å²) in [5, 5.41) is 4.09. The van der Waals surface area contributed by atoms with Crippen LogP contribution in [0.2, 0.25) is 0 Å². The van der Waals surface area contributed by atoms with E-state index in [0.717, 1.165) is 25.8 Å². The highest BCUT2D eigenvalue weighted by Gasteiger charge is 2.49. The van der Waals surface area contributed by atoms with Crippen molar-refractivity contribution < 1.29 is 9.32 Å². The minimum absolute atomic E-state index is 0.144. The number of hydrogen-bond donors (Lipinski definition) is 0. The van der Waals surface area contributed by atoms with Crippen molar-refractivity contribution in [3.05, 3.63) is 41.8 Å². The molecule has 0 radical (unpaired) electrons. The van der Waals surface area contributed by atoms with Crippen molar-refractivity contribution in [1.29, 1.82) is 0 Å². The zero-order valence-corrected chi connectivity index (χ0v) is 17.4. The molecule has 2 saturated carbocycles. The van der Waals surface area contributed by atoms with Gasteiger partial charge in [0.05, 0.1) is 5.92 Å². The summed E-state index contributed by atoms with van der Waals surface area (Å²) in [7, 11) is 5.78. The Bertz CT molecular complexity index is 882. The van der Waals surface area contributed by atoms with E-state index in [1.54, 1.807) is 0 Å². The summed E-state index contributed by atoms with van der Waals surface area (Å²) in [4.78, 5) is 23.9. The molecule has 2 aliphatic carbocycles. The monoisotopic (exact) mass is 395 g/mol. The van der Waals surface area contributed by atoms with Gasteiger partial charge in [-0.3, -0.25) is 0 Å². The minimum Gasteiger partial charge on any atom is -0.344 e. The summed E-state index contributed by atoms with van der Waals surface area (Å²) in [6.07, 6.45) is 4.28. The van der Waals surface area contributed by atoms with Crippen LogP contribution >= 0.6 is 0 Å². The quantitative estimate of drug-likeness (QED) is 0.795. The van der Waals surface area contributed by atoms with Gasteiger partial charge >= 0.3 is 6.03 Å². The third-order valence-electron chi connectivity index (χ3n) is 6.96. The highest BCUT2D eigenvalue weighted by Crippen LogP contribution is 2.47. The topological polar surface area (TPSA) is 65.7 Å². The van der Waals surface area contributed by atoms with Crippen molar-refractivity contribution >= 4 is 12.0 Å². The fraction of sp³-hybridized carbons (Fsp3) is 0.591. The van der Waals surface area contributed by atoms with E-state index in [4.69, 9.17) is 4.52 Å². The molecule has 4 aliphatic rings. The molecule has 2 aliphatic heterocycles. The van der Waals surface area contributed by atoms with Crippen LogP contribution in [-0.2, 0) is 0 Å². The molecule has 2 bridgehead atoms. The van der Waals surface area contributed by atoms with Crippen LogP contribution in [0, 0.1) is 5.92 Å². The lowest BCUT2D eigenvalue weighted by atomic mass is 9.72. The van der Waals surface area contributed by atoms with Crippen molar-refractivity contribution in [1.82, 2.24) is 19.9 Å². The Morgan fingerprint density at radius 1 is 1.10 bits per heavy atom. The second kappa shape index (κ2) is 7.04. The van der Waals surface area contributed by atoms with Crippen molar-refractivity contribution in [2.24, 2.45) is 5.92 Å². The van der Waals surface area contributed by atoms with Crippen LogP contribution in [0.15, 0.2) is 34.9 Å². The van der Waals surface area contributed by atoms with Gasteiger partial charge in [-0.2, -0.15) is 4.98 Å². The normalized spacial score (nSPS) is 30.3. The van der Waals surface area contributed by atoms with Gasteiger partial charge in [-0.05, 0) is 42.3 Å². The van der Waals surface area contributed by atoms with Crippen molar-refractivity contribution in [2.75, 3.05) is 32.6 Å². The summed E-state index contributed by atoms with van der Waals surface area (Å²) in [5.74, 6) is 2.39. The number of anilines is 1. The molecular formula is C22H29N5O2. The van der Waals surface area contributed by atoms with Gasteiger partial charge in [0.1, 0.15) is 0 Å². The van der Waals surface area contributed by atoms with E-state index < -0.39 is 0 Å². The Labute approximate surface area is 171 Å². The van der Waals surface area contributed by atoms with E-state index in [1.165, 1.54) is 12.0 Å². The number of likely N-dealkylation sites (N-methyl/N-ethyl adjacent to an activating group) is 1. The standard InChI is InChI=1S/C22H29N5O2/c1-25(2)21-23-20(29-24-21)17-11-14-9-10-18(17)27(13-14)22(28)26(3)19-12-16(19)15-7-5-4-6-8-15/h4-8,14,16-19H,9-13H2,1-3H3. The second-order valence-electron chi connectivity index (χ2n) is 9.05. The van der Waals surface area contributed by atoms with Crippen LogP contribution in [0.5, 0.6) is 0 Å². The highest BCUT2D eigenvalue weighted by atomic mass is 16.5. The molecule has 7 heteroatoms. The molecule has 0 N–H and O–H groups in total. The Morgan fingerprint density at radius 2 is 1.90 bits per heavy atom. The first kappa shape index (κ1) is 18.5. The third-order valence-corrected chi connectivity index (χ3v) is 6.96. The molecule has 1 aromatic carbocycles. The van der Waals surface area contributed by atoms with Gasteiger partial charge in [-0.1, -0.05) is 30.3 Å². The molecule has 1 aromatic heterocycles. The maximum absolute atomic E-state index is 13.4. The lowest BCUT2D eigenvalue weighted by molar-refractivity contribution is 0.0336. The zero-order valence-electron chi connectivity index (χ0n) is 17.4. The van der Waals surface area contributed by atoms with Crippen LogP contribution in [0.25, 0.3) is 0 Å². The molecule has 3 heterocycles. The van der Waals surface area contributed by atoms with Crippen LogP contribution in [0.1, 0.15) is 49.0 Å². The lowest BCUT2D eigenvalue weighted by Crippen LogP contribution is -2.57. The van der Waals surface area contributed by atoms with Gasteiger partial charge < -0.3 is 19.2 Å². The van der Waals surface area contributed by atoms with E-state index in [1.807, 2.05) is 37.0 Å². The van der Waals surface area contributed by atoms with Gasteiger partial charge in [-0.15, -0.1) is 0 Å². The third kappa shape index (κ3) is 3.26. The Hall–Kier alpha value is -2.57. The van der Waals surface area contributed by atoms with E-state index in [-0.39, 0.29) is 18.0 Å². The molecule has 5 atom stereocenters. The molecule has 2 amide bonds. The maximum atomic E-state index is 13.4. The number of piperidine rings is 2. The molecule has 154 valence electrons. The maximum Gasteiger partial charge on any atom is 0.320 e. The SMILES string of the molecule is CN(C)c1noc(C2CC3CCC2N(C(=O)N(C)C2CC2c2ccccc2)C3)n1. The van der Waals surface area contributed by atoms with Crippen LogP contribution in [-0.4, -0.2) is 65.7 Å². The van der Waals surface area contributed by atoms with Crippen LogP contribution < -0.4 is 4.90 Å². The summed E-state index contributed by atoms with van der Waals surface area (Å²) >= 11 is 0. The fourth-order valence-electron chi connectivity index (χ4n) is 5.25. The number of nitrogens with zero attached hydrogens (tertiary/aromatic N) is 5. The zero-order chi connectivity index (χ0) is 20.1. The minimum atomic E-state index is 0.144. The Morgan fingerprint density at radius 3 is 2.59 bits per heavy atom. The van der Waals surface area contributed by atoms with Gasteiger partial charge in [-0.25, -0.2) is 4.79 Å². The average Bonchev–Trinajstić information content (AvgIpc) is 3.40. The molecule has 29 heavy (non-hydrogen) atoms. The number of aromatic nitrogens is 2. The number of fused-ring (bicyclic) bond motifs is 3. The Balaban J connectivity index is 1.31. The molecule has 6 rings (SSSR count). The predicted octanol–water partition coefficient (Wildman–Crippen LogP) is 3.31. The van der Waals surface area contributed by atoms with Gasteiger partial charge in [0, 0.05) is 45.7 Å². The van der Waals surface area contributed by atoms with E-state index in [0.29, 0.717) is 29.7 Å². The number of carbonyl (C=O) groups excluding carboxylic acids is 1. The number of carbonyl (C=O) groups is 1. The first-order valence-electron chi connectivity index (χ1n) is 10.6. The smallest absolute Gasteiger partial charge is 0.320 e. The summed E-state index contributed by atoms with van der Waals surface area (Å²) < 4.78 is 5.59. The molecule has 4 fully saturated rings. The highest BCUT2D eigenvalue weighted by molar-refractivity contribution is 5.76. The van der Waals surface area contributed by atoms with Gasteiger partial charge in [0.25, 0.3) is 5.95 Å². The molecule has 2 saturated heterocycles. The predicted molar refractivity (Wildman–Crippen MR) is 110 cm³/mol. The number of amides is 2. The number of rotatable bonds is 4. The fourth-order valence-corrected chi connectivity index (χ4v) is 5.25. The number of urea groups is 1. The van der Waals surface area contributed by atoms with Crippen molar-refractivity contribution in [2.45, 2.75) is 49.6 Å². The second-order valence-corrected chi connectivity index (χ2v) is 9.05. The van der Waals surface area contributed by atoms with Crippen molar-refractivity contribution in [3.8, 4) is 0 Å². The van der Waals surface area contributed by atoms with Gasteiger partial charge in [0.2, 0.25) is 5.89 Å². The lowest BCUT2D eigenvalue weighted by Gasteiger charge is -2.49. The first-order valence-corrected chi connectivity index (χ1v) is 10.6. The number of benzene rings is 1. The van der Waals surface area contributed by atoms with Crippen LogP contribution in [0.3, 0.4) is 0 Å². The van der Waals surface area contributed by atoms with Crippen molar-refractivity contribution in [3.63, 3.8) is 0 Å². The molecule has 5 unspecified atom stereocenters. The van der Waals surface area contributed by atoms with E-state index in [9.17, 15) is 4.79 Å². The summed E-state index contributed by atoms with van der Waals surface area (Å²) in [6, 6.07) is 11.1. The Kier molecular flexibility index (Phi) is 4.48. The largest absolute Gasteiger partial charge is 0.344 e. The van der Waals surface area contributed by atoms with E-state index in [2.05, 4.69) is 39.3 Å². The summed E-state index contributed by atoms with van der Waals surface area (Å²) in [5.41, 5.74) is 1.33. The summed E-state index contributed by atoms with van der Waals surface area (Å²) in [6.45, 7) is 0.849. The molecular weight excluding hydrogens is 366 g/mol. The molecule has 7 nitrogen and oxygen atoms in total. The van der Waals surface area contributed by atoms with E-state index >= 15 is 0 Å².